The number of fused-ring (bicyclic) bond motifs is 1. The van der Waals surface area contributed by atoms with E-state index in [1.807, 2.05) is 6.92 Å². The summed E-state index contributed by atoms with van der Waals surface area (Å²) in [7, 11) is 1.06. The number of phenolic OH excluding ortho intramolecular Hbond substituents is 1. The zero-order valence-corrected chi connectivity index (χ0v) is 20.5. The smallest absolute Gasteiger partial charge is 0.423 e. The molecule has 1 aromatic carbocycles. The lowest BCUT2D eigenvalue weighted by Crippen LogP contribution is -2.40. The van der Waals surface area contributed by atoms with Crippen LogP contribution in [0.4, 0.5) is 4.79 Å². The van der Waals surface area contributed by atoms with Gasteiger partial charge >= 0.3 is 6.09 Å². The number of aliphatic hydroxyl groups excluding tert-OH is 3. The standard InChI is InChI=1S/C24H28BrNO8/c1-12(7-13-8-15(25)4-6-18(13)29)3-5-19(30)20-14(10-27)9-16-21(17(20)11-28)23(32)26(22(16)31)24(33)34-2/h4,6-8,16-17,19,21,27-30H,3,5,9-11H2,1-2H3/b12-7+/t16-,17+,19-,21-/m1/s1. The molecule has 4 atom stereocenters. The molecule has 3 rings (SSSR count). The number of phenols is 1. The predicted octanol–water partition coefficient (Wildman–Crippen LogP) is 2.37. The molecule has 0 spiro atoms. The fourth-order valence-electron chi connectivity index (χ4n) is 4.88. The largest absolute Gasteiger partial charge is 0.507 e. The van der Waals surface area contributed by atoms with Crippen molar-refractivity contribution in [1.29, 1.82) is 0 Å². The molecule has 10 heteroatoms. The number of ether oxygens (including phenoxy) is 1. The number of benzene rings is 1. The van der Waals surface area contributed by atoms with E-state index in [0.717, 1.165) is 17.2 Å². The summed E-state index contributed by atoms with van der Waals surface area (Å²) in [6.45, 7) is 0.862. The van der Waals surface area contributed by atoms with Crippen LogP contribution in [0.1, 0.15) is 31.7 Å². The van der Waals surface area contributed by atoms with E-state index in [0.29, 0.717) is 28.0 Å². The first-order chi connectivity index (χ1) is 16.1. The summed E-state index contributed by atoms with van der Waals surface area (Å²) in [6, 6.07) is 5.05. The van der Waals surface area contributed by atoms with Gasteiger partial charge in [-0.3, -0.25) is 9.59 Å². The van der Waals surface area contributed by atoms with E-state index < -0.39 is 55.0 Å². The maximum absolute atomic E-state index is 12.9. The first-order valence-electron chi connectivity index (χ1n) is 10.9. The Morgan fingerprint density at radius 1 is 1.29 bits per heavy atom. The highest BCUT2D eigenvalue weighted by molar-refractivity contribution is 9.10. The second kappa shape index (κ2) is 10.8. The minimum atomic E-state index is -1.09. The Morgan fingerprint density at radius 2 is 2.00 bits per heavy atom. The van der Waals surface area contributed by atoms with Crippen LogP contribution in [0.5, 0.6) is 5.75 Å². The molecule has 0 bridgehead atoms. The summed E-state index contributed by atoms with van der Waals surface area (Å²) >= 11 is 3.36. The summed E-state index contributed by atoms with van der Waals surface area (Å²) in [4.78, 5) is 38.0. The molecule has 0 unspecified atom stereocenters. The number of amides is 3. The topological polar surface area (TPSA) is 145 Å². The van der Waals surface area contributed by atoms with Crippen LogP contribution < -0.4 is 0 Å². The van der Waals surface area contributed by atoms with E-state index in [4.69, 9.17) is 0 Å². The van der Waals surface area contributed by atoms with Crippen LogP contribution >= 0.6 is 15.9 Å². The number of aliphatic hydroxyl groups is 3. The maximum Gasteiger partial charge on any atom is 0.423 e. The zero-order valence-electron chi connectivity index (χ0n) is 18.9. The van der Waals surface area contributed by atoms with E-state index in [9.17, 15) is 34.8 Å². The summed E-state index contributed by atoms with van der Waals surface area (Å²) in [6.07, 6.45) is 0.278. The van der Waals surface area contributed by atoms with Gasteiger partial charge in [0.15, 0.2) is 0 Å². The summed E-state index contributed by atoms with van der Waals surface area (Å²) in [5, 5.41) is 41.1. The van der Waals surface area contributed by atoms with Crippen LogP contribution in [-0.2, 0) is 14.3 Å². The van der Waals surface area contributed by atoms with Crippen molar-refractivity contribution < 1.29 is 39.5 Å². The predicted molar refractivity (Wildman–Crippen MR) is 125 cm³/mol. The lowest BCUT2D eigenvalue weighted by molar-refractivity contribution is -0.137. The molecule has 0 radical (unpaired) electrons. The molecule has 1 aliphatic carbocycles. The average Bonchev–Trinajstić information content (AvgIpc) is 3.07. The van der Waals surface area contributed by atoms with E-state index in [2.05, 4.69) is 20.7 Å². The van der Waals surface area contributed by atoms with E-state index in [-0.39, 0.29) is 18.6 Å². The third-order valence-corrected chi connectivity index (χ3v) is 6.98. The Bertz CT molecular complexity index is 1050. The summed E-state index contributed by atoms with van der Waals surface area (Å²) in [5.41, 5.74) is 2.20. The normalized spacial score (nSPS) is 23.9. The number of imide groups is 3. The lowest BCUT2D eigenvalue weighted by Gasteiger charge is -2.36. The van der Waals surface area contributed by atoms with Crippen LogP contribution in [0.25, 0.3) is 6.08 Å². The molecule has 2 aliphatic rings. The minimum Gasteiger partial charge on any atom is -0.507 e. The molecule has 184 valence electrons. The number of rotatable bonds is 7. The van der Waals surface area contributed by atoms with Crippen molar-refractivity contribution in [1.82, 2.24) is 4.90 Å². The Kier molecular flexibility index (Phi) is 8.29. The highest BCUT2D eigenvalue weighted by atomic mass is 79.9. The molecule has 1 aliphatic heterocycles. The van der Waals surface area contributed by atoms with Crippen molar-refractivity contribution in [2.24, 2.45) is 17.8 Å². The highest BCUT2D eigenvalue weighted by Crippen LogP contribution is 2.46. The number of nitrogens with zero attached hydrogens (tertiary/aromatic N) is 1. The molecule has 0 aromatic heterocycles. The SMILES string of the molecule is COC(=O)N1C(=O)[C@@H]2[C@@H](CC(CO)=C([C@H](O)CC/C(C)=C/c3cc(Br)ccc3O)[C@@H]2CO)C1=O. The highest BCUT2D eigenvalue weighted by Gasteiger charge is 2.57. The van der Waals surface area contributed by atoms with Crippen molar-refractivity contribution in [2.75, 3.05) is 20.3 Å². The minimum absolute atomic E-state index is 0.00284. The first-order valence-corrected chi connectivity index (χ1v) is 11.7. The number of methoxy groups -OCH3 is 1. The van der Waals surface area contributed by atoms with Crippen molar-refractivity contribution in [3.63, 3.8) is 0 Å². The molecule has 0 saturated carbocycles. The maximum atomic E-state index is 12.9. The zero-order chi connectivity index (χ0) is 25.2. The summed E-state index contributed by atoms with van der Waals surface area (Å²) in [5.74, 6) is -4.24. The number of hydrogen-bond acceptors (Lipinski definition) is 8. The van der Waals surface area contributed by atoms with E-state index in [1.165, 1.54) is 0 Å². The first kappa shape index (κ1) is 26.1. The van der Waals surface area contributed by atoms with Crippen LogP contribution in [0.15, 0.2) is 39.4 Å². The molecule has 1 heterocycles. The van der Waals surface area contributed by atoms with Crippen molar-refractivity contribution in [3.8, 4) is 5.75 Å². The van der Waals surface area contributed by atoms with Gasteiger partial charge in [0.05, 0.1) is 38.3 Å². The molecular formula is C24H28BrNO8. The van der Waals surface area contributed by atoms with Gasteiger partial charge in [0.2, 0.25) is 11.8 Å². The van der Waals surface area contributed by atoms with Crippen molar-refractivity contribution in [2.45, 2.75) is 32.3 Å². The van der Waals surface area contributed by atoms with Crippen LogP contribution in [0.3, 0.4) is 0 Å². The van der Waals surface area contributed by atoms with Gasteiger partial charge in [-0.15, -0.1) is 0 Å². The van der Waals surface area contributed by atoms with Crippen LogP contribution in [-0.4, -0.2) is 69.7 Å². The Balaban J connectivity index is 1.83. The second-order valence-corrected chi connectivity index (χ2v) is 9.49. The Hall–Kier alpha value is -2.53. The lowest BCUT2D eigenvalue weighted by atomic mass is 9.68. The number of likely N-dealkylation sites (tertiary alicyclic amines) is 1. The molecule has 3 amide bonds. The summed E-state index contributed by atoms with van der Waals surface area (Å²) < 4.78 is 5.36. The van der Waals surface area contributed by atoms with E-state index >= 15 is 0 Å². The molecule has 9 nitrogen and oxygen atoms in total. The van der Waals surface area contributed by atoms with Gasteiger partial charge < -0.3 is 25.2 Å². The molecule has 1 fully saturated rings. The fourth-order valence-corrected chi connectivity index (χ4v) is 5.25. The quantitative estimate of drug-likeness (QED) is 0.306. The number of aromatic hydroxyl groups is 1. The molecule has 1 aromatic rings. The Labute approximate surface area is 205 Å². The third kappa shape index (κ3) is 4.95. The van der Waals surface area contributed by atoms with Crippen LogP contribution in [0.2, 0.25) is 0 Å². The third-order valence-electron chi connectivity index (χ3n) is 6.49. The molecular weight excluding hydrogens is 510 g/mol. The number of halogens is 1. The average molecular weight is 538 g/mol. The Morgan fingerprint density at radius 3 is 2.62 bits per heavy atom. The molecule has 4 N–H and O–H groups in total. The molecule has 1 saturated heterocycles. The fraction of sp³-hybridized carbons (Fsp3) is 0.458. The van der Waals surface area contributed by atoms with Gasteiger partial charge in [0.25, 0.3) is 0 Å². The van der Waals surface area contributed by atoms with Gasteiger partial charge in [-0.25, -0.2) is 4.79 Å². The van der Waals surface area contributed by atoms with Crippen LogP contribution in [0, 0.1) is 17.8 Å². The number of hydrogen-bond donors (Lipinski definition) is 4. The van der Waals surface area contributed by atoms with Gasteiger partial charge in [-0.1, -0.05) is 27.6 Å². The molecule has 34 heavy (non-hydrogen) atoms. The van der Waals surface area contributed by atoms with Gasteiger partial charge in [0, 0.05) is 16.0 Å². The van der Waals surface area contributed by atoms with E-state index in [1.54, 1.807) is 24.3 Å². The number of carbonyl (C=O) groups is 3. The number of allylic oxidation sites excluding steroid dienone is 1. The monoisotopic (exact) mass is 537 g/mol. The van der Waals surface area contributed by atoms with Gasteiger partial charge in [0.1, 0.15) is 5.75 Å². The number of carbonyl (C=O) groups excluding carboxylic acids is 3. The van der Waals surface area contributed by atoms with Crippen molar-refractivity contribution >= 4 is 39.9 Å². The van der Waals surface area contributed by atoms with Crippen molar-refractivity contribution in [3.05, 3.63) is 45.0 Å². The van der Waals surface area contributed by atoms with Gasteiger partial charge in [-0.05, 0) is 55.5 Å². The van der Waals surface area contributed by atoms with Gasteiger partial charge in [-0.2, -0.15) is 4.90 Å². The second-order valence-electron chi connectivity index (χ2n) is 8.57.